The van der Waals surface area contributed by atoms with Gasteiger partial charge in [0.25, 0.3) is 5.91 Å². The van der Waals surface area contributed by atoms with E-state index in [2.05, 4.69) is 5.43 Å². The molecule has 5 nitrogen and oxygen atoms in total. The molecule has 1 amide bonds. The molecule has 1 fully saturated rings. The number of carbonyl (C=O) groups is 1. The van der Waals surface area contributed by atoms with Crippen LogP contribution in [0.1, 0.15) is 41.6 Å². The zero-order valence-electron chi connectivity index (χ0n) is 11.9. The molecule has 0 aliphatic heterocycles. The summed E-state index contributed by atoms with van der Waals surface area (Å²) < 4.78 is 0. The van der Waals surface area contributed by atoms with Crippen molar-refractivity contribution < 1.29 is 9.90 Å². The Labute approximate surface area is 119 Å². The van der Waals surface area contributed by atoms with Gasteiger partial charge in [-0.05, 0) is 44.7 Å². The highest BCUT2D eigenvalue weighted by molar-refractivity contribution is 6.00. The number of hydrazine groups is 1. The maximum atomic E-state index is 12.8. The van der Waals surface area contributed by atoms with Crippen molar-refractivity contribution in [3.05, 3.63) is 29.3 Å². The first-order chi connectivity index (χ1) is 9.67. The number of nitrogens with zero attached hydrogens (tertiary/aromatic N) is 1. The predicted octanol–water partition coefficient (Wildman–Crippen LogP) is 1.66. The van der Waals surface area contributed by atoms with E-state index in [1.807, 2.05) is 30.0 Å². The number of carbonyl (C=O) groups excluding carboxylic acids is 1. The summed E-state index contributed by atoms with van der Waals surface area (Å²) >= 11 is 0. The molecule has 0 aromatic heterocycles. The van der Waals surface area contributed by atoms with Crippen LogP contribution in [0.2, 0.25) is 0 Å². The monoisotopic (exact) mass is 277 g/mol. The highest BCUT2D eigenvalue weighted by Crippen LogP contribution is 2.28. The Morgan fingerprint density at radius 1 is 1.50 bits per heavy atom. The minimum Gasteiger partial charge on any atom is -0.396 e. The van der Waals surface area contributed by atoms with Crippen LogP contribution in [0.4, 0.5) is 5.69 Å². The normalized spacial score (nSPS) is 14.8. The summed E-state index contributed by atoms with van der Waals surface area (Å²) in [6, 6.07) is 5.92. The molecule has 4 N–H and O–H groups in total. The number of amides is 1. The quantitative estimate of drug-likeness (QED) is 0.546. The Hall–Kier alpha value is -1.59. The topological polar surface area (TPSA) is 78.6 Å². The van der Waals surface area contributed by atoms with E-state index >= 15 is 0 Å². The minimum atomic E-state index is -0.000185. The number of aliphatic hydroxyl groups excluding tert-OH is 1. The third kappa shape index (κ3) is 3.11. The number of aliphatic hydroxyl groups is 1. The SMILES string of the molecule is Cc1ccc(NN)c(C(=O)N(CCCO)C2CCC2)c1. The van der Waals surface area contributed by atoms with Crippen LogP contribution in [0.25, 0.3) is 0 Å². The highest BCUT2D eigenvalue weighted by Gasteiger charge is 2.30. The molecule has 1 aromatic carbocycles. The number of aryl methyl sites for hydroxylation is 1. The molecule has 0 radical (unpaired) electrons. The Bertz CT molecular complexity index is 472. The first-order valence-electron chi connectivity index (χ1n) is 7.16. The molecule has 5 heteroatoms. The van der Waals surface area contributed by atoms with E-state index in [1.165, 1.54) is 6.42 Å². The average Bonchev–Trinajstić information content (AvgIpc) is 2.40. The van der Waals surface area contributed by atoms with E-state index in [0.29, 0.717) is 30.3 Å². The number of rotatable bonds is 6. The van der Waals surface area contributed by atoms with Gasteiger partial charge in [0.05, 0.1) is 11.3 Å². The zero-order chi connectivity index (χ0) is 14.5. The van der Waals surface area contributed by atoms with Crippen molar-refractivity contribution in [1.82, 2.24) is 4.90 Å². The first kappa shape index (κ1) is 14.8. The fourth-order valence-corrected chi connectivity index (χ4v) is 2.50. The average molecular weight is 277 g/mol. The summed E-state index contributed by atoms with van der Waals surface area (Å²) in [6.07, 6.45) is 3.88. The summed E-state index contributed by atoms with van der Waals surface area (Å²) in [7, 11) is 0. The van der Waals surface area contributed by atoms with Crippen molar-refractivity contribution in [3.63, 3.8) is 0 Å². The van der Waals surface area contributed by atoms with E-state index in [0.717, 1.165) is 18.4 Å². The highest BCUT2D eigenvalue weighted by atomic mass is 16.3. The molecule has 1 aliphatic rings. The fraction of sp³-hybridized carbons (Fsp3) is 0.533. The summed E-state index contributed by atoms with van der Waals surface area (Å²) in [4.78, 5) is 14.6. The standard InChI is InChI=1S/C15H23N3O2/c1-11-6-7-14(17-16)13(10-11)15(20)18(8-3-9-19)12-4-2-5-12/h6-7,10,12,17,19H,2-5,8-9,16H2,1H3. The predicted molar refractivity (Wildman–Crippen MR) is 79.4 cm³/mol. The van der Waals surface area contributed by atoms with Crippen LogP contribution in [0.5, 0.6) is 0 Å². The van der Waals surface area contributed by atoms with Gasteiger partial charge in [-0.2, -0.15) is 0 Å². The number of nitrogens with one attached hydrogen (secondary N) is 1. The molecule has 0 spiro atoms. The molecule has 110 valence electrons. The van der Waals surface area contributed by atoms with Gasteiger partial charge in [-0.25, -0.2) is 0 Å². The van der Waals surface area contributed by atoms with E-state index in [1.54, 1.807) is 0 Å². The Kier molecular flexibility index (Phi) is 4.98. The zero-order valence-corrected chi connectivity index (χ0v) is 11.9. The van der Waals surface area contributed by atoms with Crippen molar-refractivity contribution in [1.29, 1.82) is 0 Å². The van der Waals surface area contributed by atoms with Gasteiger partial charge >= 0.3 is 0 Å². The second kappa shape index (κ2) is 6.72. The van der Waals surface area contributed by atoms with Crippen LogP contribution < -0.4 is 11.3 Å². The van der Waals surface area contributed by atoms with Gasteiger partial charge in [-0.1, -0.05) is 11.6 Å². The Balaban J connectivity index is 2.23. The molecule has 1 aliphatic carbocycles. The van der Waals surface area contributed by atoms with Crippen LogP contribution in [0, 0.1) is 6.92 Å². The van der Waals surface area contributed by atoms with E-state index in [4.69, 9.17) is 10.9 Å². The third-order valence-electron chi connectivity index (χ3n) is 3.89. The number of nitrogen functional groups attached to an aromatic ring is 1. The molecule has 0 bridgehead atoms. The minimum absolute atomic E-state index is 0.000185. The van der Waals surface area contributed by atoms with Crippen molar-refractivity contribution in [2.24, 2.45) is 5.84 Å². The lowest BCUT2D eigenvalue weighted by atomic mass is 9.90. The number of hydrogen-bond donors (Lipinski definition) is 3. The molecule has 1 saturated carbocycles. The molecular formula is C15H23N3O2. The smallest absolute Gasteiger partial charge is 0.256 e. The van der Waals surface area contributed by atoms with Gasteiger partial charge in [-0.3, -0.25) is 10.6 Å². The number of benzene rings is 1. The van der Waals surface area contributed by atoms with Gasteiger partial charge in [0.15, 0.2) is 0 Å². The van der Waals surface area contributed by atoms with Gasteiger partial charge < -0.3 is 15.4 Å². The van der Waals surface area contributed by atoms with E-state index in [9.17, 15) is 4.79 Å². The van der Waals surface area contributed by atoms with Crippen molar-refractivity contribution in [3.8, 4) is 0 Å². The first-order valence-corrected chi connectivity index (χ1v) is 7.16. The maximum Gasteiger partial charge on any atom is 0.256 e. The summed E-state index contributed by atoms with van der Waals surface area (Å²) in [5, 5.41) is 9.01. The molecule has 0 unspecified atom stereocenters. The van der Waals surface area contributed by atoms with Crippen molar-refractivity contribution in [2.75, 3.05) is 18.6 Å². The molecule has 0 saturated heterocycles. The maximum absolute atomic E-state index is 12.8. The second-order valence-electron chi connectivity index (χ2n) is 5.35. The van der Waals surface area contributed by atoms with E-state index in [-0.39, 0.29) is 12.5 Å². The van der Waals surface area contributed by atoms with Crippen LogP contribution in [0.3, 0.4) is 0 Å². The third-order valence-corrected chi connectivity index (χ3v) is 3.89. The molecule has 1 aromatic rings. The molecular weight excluding hydrogens is 254 g/mol. The van der Waals surface area contributed by atoms with Crippen molar-refractivity contribution >= 4 is 11.6 Å². The fourth-order valence-electron chi connectivity index (χ4n) is 2.50. The second-order valence-corrected chi connectivity index (χ2v) is 5.35. The van der Waals surface area contributed by atoms with Gasteiger partial charge in [0, 0.05) is 19.2 Å². The van der Waals surface area contributed by atoms with Crippen LogP contribution in [-0.4, -0.2) is 35.1 Å². The van der Waals surface area contributed by atoms with Crippen LogP contribution in [0.15, 0.2) is 18.2 Å². The molecule has 0 atom stereocenters. The molecule has 20 heavy (non-hydrogen) atoms. The lowest BCUT2D eigenvalue weighted by Crippen LogP contribution is -2.45. The van der Waals surface area contributed by atoms with Crippen LogP contribution in [-0.2, 0) is 0 Å². The summed E-state index contributed by atoms with van der Waals surface area (Å²) in [5.74, 6) is 5.50. The largest absolute Gasteiger partial charge is 0.396 e. The lowest BCUT2D eigenvalue weighted by molar-refractivity contribution is 0.0563. The van der Waals surface area contributed by atoms with Crippen molar-refractivity contribution in [2.45, 2.75) is 38.6 Å². The van der Waals surface area contributed by atoms with Gasteiger partial charge in [-0.15, -0.1) is 0 Å². The Morgan fingerprint density at radius 2 is 2.25 bits per heavy atom. The molecule has 0 heterocycles. The number of nitrogens with two attached hydrogens (primary N) is 1. The lowest BCUT2D eigenvalue weighted by Gasteiger charge is -2.38. The summed E-state index contributed by atoms with van der Waals surface area (Å²) in [6.45, 7) is 2.66. The van der Waals surface area contributed by atoms with Gasteiger partial charge in [0.1, 0.15) is 0 Å². The van der Waals surface area contributed by atoms with Gasteiger partial charge in [0.2, 0.25) is 0 Å². The number of hydrogen-bond acceptors (Lipinski definition) is 4. The van der Waals surface area contributed by atoms with Crippen LogP contribution >= 0.6 is 0 Å². The number of anilines is 1. The molecule has 2 rings (SSSR count). The summed E-state index contributed by atoms with van der Waals surface area (Å²) in [5.41, 5.74) is 4.88. The van der Waals surface area contributed by atoms with E-state index < -0.39 is 0 Å². The Morgan fingerprint density at radius 3 is 2.80 bits per heavy atom.